The number of amides is 3. The van der Waals surface area contributed by atoms with Crippen molar-refractivity contribution in [2.45, 2.75) is 26.2 Å². The minimum absolute atomic E-state index is 0.0112. The monoisotopic (exact) mass is 347 g/mol. The lowest BCUT2D eigenvalue weighted by Crippen LogP contribution is -2.45. The first-order chi connectivity index (χ1) is 12.1. The largest absolute Gasteiger partial charge is 0.343 e. The van der Waals surface area contributed by atoms with Gasteiger partial charge in [0.1, 0.15) is 0 Å². The van der Waals surface area contributed by atoms with Crippen LogP contribution >= 0.6 is 0 Å². The van der Waals surface area contributed by atoms with Gasteiger partial charge in [0.25, 0.3) is 5.91 Å². The molecule has 0 saturated carbocycles. The molecule has 0 bridgehead atoms. The van der Waals surface area contributed by atoms with Gasteiger partial charge in [-0.05, 0) is 19.3 Å². The lowest BCUT2D eigenvalue weighted by Gasteiger charge is -2.33. The second-order valence-electron chi connectivity index (χ2n) is 6.69. The smallest absolute Gasteiger partial charge is 0.289 e. The molecule has 0 atom stereocenters. The highest BCUT2D eigenvalue weighted by Gasteiger charge is 2.31. The van der Waals surface area contributed by atoms with Crippen molar-refractivity contribution < 1.29 is 14.4 Å². The molecule has 1 aromatic heterocycles. The van der Waals surface area contributed by atoms with Crippen LogP contribution in [0.5, 0.6) is 0 Å². The Kier molecular flexibility index (Phi) is 5.35. The Bertz CT molecular complexity index is 622. The molecule has 2 saturated heterocycles. The molecular formula is C17H25N5O3. The predicted molar refractivity (Wildman–Crippen MR) is 90.7 cm³/mol. The average molecular weight is 347 g/mol. The summed E-state index contributed by atoms with van der Waals surface area (Å²) in [6.45, 7) is 5.27. The number of aromatic nitrogens is 2. The van der Waals surface area contributed by atoms with E-state index >= 15 is 0 Å². The van der Waals surface area contributed by atoms with E-state index in [4.69, 9.17) is 0 Å². The van der Waals surface area contributed by atoms with Crippen molar-refractivity contribution in [2.24, 2.45) is 5.92 Å². The summed E-state index contributed by atoms with van der Waals surface area (Å²) >= 11 is 0. The van der Waals surface area contributed by atoms with Crippen molar-refractivity contribution in [1.29, 1.82) is 0 Å². The molecule has 3 heterocycles. The van der Waals surface area contributed by atoms with Gasteiger partial charge in [-0.2, -0.15) is 0 Å². The maximum atomic E-state index is 12.8. The maximum absolute atomic E-state index is 12.8. The third-order valence-electron chi connectivity index (χ3n) is 5.09. The van der Waals surface area contributed by atoms with E-state index in [1.807, 2.05) is 4.90 Å². The number of nitrogens with zero attached hydrogens (tertiary/aromatic N) is 4. The molecule has 3 rings (SSSR count). The quantitative estimate of drug-likeness (QED) is 0.835. The van der Waals surface area contributed by atoms with E-state index in [1.54, 1.807) is 29.1 Å². The van der Waals surface area contributed by atoms with Crippen molar-refractivity contribution in [2.75, 3.05) is 39.3 Å². The molecule has 0 unspecified atom stereocenters. The van der Waals surface area contributed by atoms with E-state index in [1.165, 1.54) is 0 Å². The van der Waals surface area contributed by atoms with Crippen LogP contribution in [0.1, 0.15) is 36.8 Å². The standard InChI is InChI=1S/C17H25N5O3/c1-13(23)20-9-3-14(4-10-20)16(24)21-7-2-8-22(12-11-21)17(25)15-18-5-6-19-15/h5-6,14H,2-4,7-12H2,1H3,(H,18,19). The maximum Gasteiger partial charge on any atom is 0.289 e. The molecular weight excluding hydrogens is 322 g/mol. The van der Waals surface area contributed by atoms with E-state index in [-0.39, 0.29) is 23.6 Å². The van der Waals surface area contributed by atoms with Gasteiger partial charge in [-0.3, -0.25) is 14.4 Å². The Morgan fingerprint density at radius 3 is 2.32 bits per heavy atom. The summed E-state index contributed by atoms with van der Waals surface area (Å²) in [6.07, 6.45) is 5.42. The van der Waals surface area contributed by atoms with E-state index in [2.05, 4.69) is 9.97 Å². The Labute approximate surface area is 147 Å². The SMILES string of the molecule is CC(=O)N1CCC(C(=O)N2CCCN(C(=O)c3ncc[nH]3)CC2)CC1. The fourth-order valence-electron chi connectivity index (χ4n) is 3.57. The molecule has 1 N–H and O–H groups in total. The second-order valence-corrected chi connectivity index (χ2v) is 6.69. The van der Waals surface area contributed by atoms with Gasteiger partial charge in [-0.1, -0.05) is 0 Å². The van der Waals surface area contributed by atoms with Crippen LogP contribution in [0.2, 0.25) is 0 Å². The number of likely N-dealkylation sites (tertiary alicyclic amines) is 1. The van der Waals surface area contributed by atoms with Crippen molar-refractivity contribution in [3.05, 3.63) is 18.2 Å². The van der Waals surface area contributed by atoms with Gasteiger partial charge < -0.3 is 19.7 Å². The Balaban J connectivity index is 1.53. The number of piperidine rings is 1. The molecule has 25 heavy (non-hydrogen) atoms. The molecule has 0 radical (unpaired) electrons. The van der Waals surface area contributed by atoms with Gasteiger partial charge in [0.05, 0.1) is 0 Å². The summed E-state index contributed by atoms with van der Waals surface area (Å²) in [5, 5.41) is 0. The Hall–Kier alpha value is -2.38. The van der Waals surface area contributed by atoms with Crippen LogP contribution in [-0.2, 0) is 9.59 Å². The van der Waals surface area contributed by atoms with Gasteiger partial charge in [0.15, 0.2) is 5.82 Å². The molecule has 0 aromatic carbocycles. The molecule has 2 aliphatic heterocycles. The number of carbonyl (C=O) groups is 3. The van der Waals surface area contributed by atoms with Crippen LogP contribution in [0, 0.1) is 5.92 Å². The first-order valence-corrected chi connectivity index (χ1v) is 8.89. The van der Waals surface area contributed by atoms with E-state index in [9.17, 15) is 14.4 Å². The van der Waals surface area contributed by atoms with Crippen LogP contribution in [0.25, 0.3) is 0 Å². The predicted octanol–water partition coefficient (Wildman–Crippen LogP) is 0.343. The first kappa shape index (κ1) is 17.4. The van der Waals surface area contributed by atoms with Gasteiger partial charge in [-0.15, -0.1) is 0 Å². The third kappa shape index (κ3) is 4.00. The zero-order chi connectivity index (χ0) is 17.8. The zero-order valence-electron chi connectivity index (χ0n) is 14.6. The number of H-pyrrole nitrogens is 1. The third-order valence-corrected chi connectivity index (χ3v) is 5.09. The highest BCUT2D eigenvalue weighted by atomic mass is 16.2. The van der Waals surface area contributed by atoms with Crippen LogP contribution in [0.3, 0.4) is 0 Å². The summed E-state index contributed by atoms with van der Waals surface area (Å²) in [5.41, 5.74) is 0. The van der Waals surface area contributed by atoms with Gasteiger partial charge >= 0.3 is 0 Å². The number of imidazole rings is 1. The summed E-state index contributed by atoms with van der Waals surface area (Å²) in [6, 6.07) is 0. The zero-order valence-corrected chi connectivity index (χ0v) is 14.6. The molecule has 2 fully saturated rings. The topological polar surface area (TPSA) is 89.6 Å². The first-order valence-electron chi connectivity index (χ1n) is 8.89. The van der Waals surface area contributed by atoms with Crippen molar-refractivity contribution in [3.63, 3.8) is 0 Å². The van der Waals surface area contributed by atoms with Gasteiger partial charge in [0, 0.05) is 64.5 Å². The molecule has 136 valence electrons. The molecule has 8 nitrogen and oxygen atoms in total. The number of hydrogen-bond acceptors (Lipinski definition) is 4. The number of nitrogens with one attached hydrogen (secondary N) is 1. The fourth-order valence-corrected chi connectivity index (χ4v) is 3.57. The van der Waals surface area contributed by atoms with Crippen LogP contribution in [0.15, 0.2) is 12.4 Å². The molecule has 3 amide bonds. The number of hydrogen-bond donors (Lipinski definition) is 1. The molecule has 8 heteroatoms. The Morgan fingerprint density at radius 1 is 1.00 bits per heavy atom. The van der Waals surface area contributed by atoms with E-state index in [0.717, 1.165) is 19.3 Å². The van der Waals surface area contributed by atoms with Crippen molar-refractivity contribution >= 4 is 17.7 Å². The van der Waals surface area contributed by atoms with E-state index in [0.29, 0.717) is 45.1 Å². The van der Waals surface area contributed by atoms with E-state index < -0.39 is 0 Å². The molecule has 0 spiro atoms. The summed E-state index contributed by atoms with van der Waals surface area (Å²) in [7, 11) is 0. The highest BCUT2D eigenvalue weighted by molar-refractivity contribution is 5.90. The number of aromatic amines is 1. The van der Waals surface area contributed by atoms with Crippen molar-refractivity contribution in [3.8, 4) is 0 Å². The summed E-state index contributed by atoms with van der Waals surface area (Å²) in [5.74, 6) is 0.455. The minimum atomic E-state index is -0.117. The molecule has 2 aliphatic rings. The van der Waals surface area contributed by atoms with Gasteiger partial charge in [-0.25, -0.2) is 4.98 Å². The van der Waals surface area contributed by atoms with Crippen LogP contribution in [-0.4, -0.2) is 81.7 Å². The normalized spacial score (nSPS) is 19.6. The second kappa shape index (κ2) is 7.67. The lowest BCUT2D eigenvalue weighted by molar-refractivity contribution is -0.140. The van der Waals surface area contributed by atoms with Crippen molar-refractivity contribution in [1.82, 2.24) is 24.7 Å². The molecule has 0 aliphatic carbocycles. The number of rotatable bonds is 2. The van der Waals surface area contributed by atoms with Gasteiger partial charge in [0.2, 0.25) is 11.8 Å². The lowest BCUT2D eigenvalue weighted by atomic mass is 9.95. The summed E-state index contributed by atoms with van der Waals surface area (Å²) < 4.78 is 0. The minimum Gasteiger partial charge on any atom is -0.343 e. The Morgan fingerprint density at radius 2 is 1.68 bits per heavy atom. The fraction of sp³-hybridized carbons (Fsp3) is 0.647. The highest BCUT2D eigenvalue weighted by Crippen LogP contribution is 2.21. The number of carbonyl (C=O) groups excluding carboxylic acids is 3. The molecule has 1 aromatic rings. The average Bonchev–Trinajstić information content (AvgIpc) is 3.05. The summed E-state index contributed by atoms with van der Waals surface area (Å²) in [4.78, 5) is 48.9. The van der Waals surface area contributed by atoms with Crippen LogP contribution < -0.4 is 0 Å². The van der Waals surface area contributed by atoms with Crippen LogP contribution in [0.4, 0.5) is 0 Å².